The molecule has 0 aliphatic rings. The van der Waals surface area contributed by atoms with Crippen LogP contribution in [0.5, 0.6) is 0 Å². The molecule has 0 unspecified atom stereocenters. The average molecular weight is 216 g/mol. The van der Waals surface area contributed by atoms with Crippen molar-refractivity contribution < 1.29 is 9.84 Å². The Hall–Kier alpha value is -0.0800. The molecule has 0 saturated heterocycles. The van der Waals surface area contributed by atoms with Crippen LogP contribution in [0.1, 0.15) is 60.3 Å². The van der Waals surface area contributed by atoms with Crippen molar-refractivity contribution in [3.63, 3.8) is 0 Å². The zero-order chi connectivity index (χ0) is 11.8. The number of rotatable bonds is 8. The van der Waals surface area contributed by atoms with Gasteiger partial charge in [-0.15, -0.1) is 0 Å². The van der Waals surface area contributed by atoms with Crippen LogP contribution in [0.15, 0.2) is 0 Å². The van der Waals surface area contributed by atoms with Crippen LogP contribution in [-0.4, -0.2) is 23.4 Å². The summed E-state index contributed by atoms with van der Waals surface area (Å²) in [6.07, 6.45) is 4.42. The fourth-order valence-electron chi connectivity index (χ4n) is 1.95. The van der Waals surface area contributed by atoms with E-state index < -0.39 is 0 Å². The second-order valence-electron chi connectivity index (χ2n) is 5.07. The van der Waals surface area contributed by atoms with Gasteiger partial charge < -0.3 is 9.84 Å². The van der Waals surface area contributed by atoms with Crippen molar-refractivity contribution in [1.82, 2.24) is 0 Å². The summed E-state index contributed by atoms with van der Waals surface area (Å²) in [5, 5.41) is 9.27. The summed E-state index contributed by atoms with van der Waals surface area (Å²) >= 11 is 0. The lowest BCUT2D eigenvalue weighted by Gasteiger charge is -2.24. The first-order valence-corrected chi connectivity index (χ1v) is 6.29. The maximum absolute atomic E-state index is 9.27. The molecule has 0 radical (unpaired) electrons. The Morgan fingerprint density at radius 1 is 1.07 bits per heavy atom. The maximum Gasteiger partial charge on any atom is 0.0581 e. The van der Waals surface area contributed by atoms with Crippen molar-refractivity contribution >= 4 is 0 Å². The van der Waals surface area contributed by atoms with E-state index >= 15 is 0 Å². The van der Waals surface area contributed by atoms with Gasteiger partial charge in [0.15, 0.2) is 0 Å². The average Bonchev–Trinajstić information content (AvgIpc) is 2.00. The van der Waals surface area contributed by atoms with Gasteiger partial charge in [-0.1, -0.05) is 27.2 Å². The molecule has 2 nitrogen and oxygen atoms in total. The van der Waals surface area contributed by atoms with Crippen molar-refractivity contribution in [3.8, 4) is 0 Å². The molecule has 0 spiro atoms. The smallest absolute Gasteiger partial charge is 0.0581 e. The minimum atomic E-state index is -0.263. The Kier molecular flexibility index (Phi) is 8.07. The van der Waals surface area contributed by atoms with Gasteiger partial charge in [-0.3, -0.25) is 0 Å². The van der Waals surface area contributed by atoms with E-state index in [4.69, 9.17) is 4.74 Å². The lowest BCUT2D eigenvalue weighted by Crippen LogP contribution is -2.24. The van der Waals surface area contributed by atoms with Crippen LogP contribution >= 0.6 is 0 Å². The first kappa shape index (κ1) is 14.9. The first-order chi connectivity index (χ1) is 6.95. The van der Waals surface area contributed by atoms with E-state index in [1.54, 1.807) is 0 Å². The molecule has 0 bridgehead atoms. The van der Waals surface area contributed by atoms with Gasteiger partial charge in [-0.25, -0.2) is 0 Å². The number of ether oxygens (including phenoxy) is 1. The molecule has 2 heteroatoms. The topological polar surface area (TPSA) is 29.5 Å². The van der Waals surface area contributed by atoms with Crippen LogP contribution in [0.2, 0.25) is 0 Å². The first-order valence-electron chi connectivity index (χ1n) is 6.29. The highest BCUT2D eigenvalue weighted by Gasteiger charge is 2.15. The van der Waals surface area contributed by atoms with Gasteiger partial charge in [0.25, 0.3) is 0 Å². The Bertz CT molecular complexity index is 143. The van der Waals surface area contributed by atoms with E-state index in [9.17, 15) is 5.11 Å². The predicted molar refractivity (Wildman–Crippen MR) is 65.0 cm³/mol. The summed E-state index contributed by atoms with van der Waals surface area (Å²) < 4.78 is 5.95. The molecule has 0 rings (SSSR count). The van der Waals surface area contributed by atoms with Crippen molar-refractivity contribution in [3.05, 3.63) is 0 Å². The normalized spacial score (nSPS) is 17.8. The van der Waals surface area contributed by atoms with Gasteiger partial charge in [0, 0.05) is 0 Å². The van der Waals surface area contributed by atoms with Crippen LogP contribution < -0.4 is 0 Å². The van der Waals surface area contributed by atoms with E-state index in [0.717, 1.165) is 19.3 Å². The molecule has 0 amide bonds. The zero-order valence-electron chi connectivity index (χ0n) is 11.0. The predicted octanol–water partition coefficient (Wildman–Crippen LogP) is 3.38. The van der Waals surface area contributed by atoms with Crippen molar-refractivity contribution in [2.24, 2.45) is 5.92 Å². The van der Waals surface area contributed by atoms with E-state index in [2.05, 4.69) is 27.7 Å². The lowest BCUT2D eigenvalue weighted by molar-refractivity contribution is -0.0359. The summed E-state index contributed by atoms with van der Waals surface area (Å²) in [6.45, 7) is 10.5. The Labute approximate surface area is 95.0 Å². The van der Waals surface area contributed by atoms with Gasteiger partial charge in [-0.05, 0) is 39.0 Å². The summed E-state index contributed by atoms with van der Waals surface area (Å²) in [6, 6.07) is 0. The fourth-order valence-corrected chi connectivity index (χ4v) is 1.95. The molecule has 0 aromatic rings. The molecule has 0 aromatic carbocycles. The minimum absolute atomic E-state index is 0.167. The van der Waals surface area contributed by atoms with Gasteiger partial charge in [0.2, 0.25) is 0 Å². The number of hydrogen-bond acceptors (Lipinski definition) is 2. The third-order valence-corrected chi connectivity index (χ3v) is 2.44. The highest BCUT2D eigenvalue weighted by Crippen LogP contribution is 2.17. The van der Waals surface area contributed by atoms with Crippen LogP contribution in [0.4, 0.5) is 0 Å². The summed E-state index contributed by atoms with van der Waals surface area (Å²) in [4.78, 5) is 0. The van der Waals surface area contributed by atoms with Crippen LogP contribution in [-0.2, 0) is 4.74 Å². The molecule has 0 heterocycles. The zero-order valence-corrected chi connectivity index (χ0v) is 11.0. The highest BCUT2D eigenvalue weighted by molar-refractivity contribution is 4.64. The number of aliphatic hydroxyl groups is 1. The number of aliphatic hydroxyl groups excluding tert-OH is 1. The van der Waals surface area contributed by atoms with Gasteiger partial charge >= 0.3 is 0 Å². The van der Waals surface area contributed by atoms with Crippen LogP contribution in [0.3, 0.4) is 0 Å². The molecule has 0 saturated carbocycles. The fraction of sp³-hybridized carbons (Fsp3) is 1.00. The van der Waals surface area contributed by atoms with E-state index in [1.807, 2.05) is 6.92 Å². The van der Waals surface area contributed by atoms with Crippen LogP contribution in [0, 0.1) is 5.92 Å². The van der Waals surface area contributed by atoms with Crippen LogP contribution in [0.25, 0.3) is 0 Å². The van der Waals surface area contributed by atoms with Crippen molar-refractivity contribution in [2.75, 3.05) is 0 Å². The van der Waals surface area contributed by atoms with Crippen molar-refractivity contribution in [2.45, 2.75) is 78.6 Å². The highest BCUT2D eigenvalue weighted by atomic mass is 16.5. The molecular weight excluding hydrogens is 188 g/mol. The van der Waals surface area contributed by atoms with Gasteiger partial charge in [0.05, 0.1) is 18.3 Å². The van der Waals surface area contributed by atoms with Gasteiger partial charge in [-0.2, -0.15) is 0 Å². The summed E-state index contributed by atoms with van der Waals surface area (Å²) in [5.74, 6) is 0.681. The quantitative estimate of drug-likeness (QED) is 0.674. The van der Waals surface area contributed by atoms with E-state index in [1.165, 1.54) is 6.42 Å². The third-order valence-electron chi connectivity index (χ3n) is 2.44. The van der Waals surface area contributed by atoms with Crippen molar-refractivity contribution in [1.29, 1.82) is 0 Å². The molecule has 0 fully saturated rings. The molecule has 3 atom stereocenters. The maximum atomic E-state index is 9.27. The molecule has 92 valence electrons. The molecule has 15 heavy (non-hydrogen) atoms. The SMILES string of the molecule is CCC[C@@H](CC(C)C)O[C@H](C)C[C@@H](C)O. The summed E-state index contributed by atoms with van der Waals surface area (Å²) in [7, 11) is 0. The molecule has 1 N–H and O–H groups in total. The Morgan fingerprint density at radius 2 is 1.67 bits per heavy atom. The molecular formula is C13H28O2. The Balaban J connectivity index is 3.91. The monoisotopic (exact) mass is 216 g/mol. The molecule has 0 aliphatic heterocycles. The number of hydrogen-bond donors (Lipinski definition) is 1. The largest absolute Gasteiger partial charge is 0.393 e. The second-order valence-corrected chi connectivity index (χ2v) is 5.07. The minimum Gasteiger partial charge on any atom is -0.393 e. The van der Waals surface area contributed by atoms with Gasteiger partial charge in [0.1, 0.15) is 0 Å². The standard InChI is InChI=1S/C13H28O2/c1-6-7-13(8-10(2)3)15-12(5)9-11(4)14/h10-14H,6-9H2,1-5H3/t11-,12-,13+/m1/s1. The molecule has 0 aliphatic carbocycles. The summed E-state index contributed by atoms with van der Waals surface area (Å²) in [5.41, 5.74) is 0. The molecule has 0 aromatic heterocycles. The third kappa shape index (κ3) is 8.88. The Morgan fingerprint density at radius 3 is 2.07 bits per heavy atom. The van der Waals surface area contributed by atoms with E-state index in [0.29, 0.717) is 12.0 Å². The lowest BCUT2D eigenvalue weighted by atomic mass is 10.0. The second kappa shape index (κ2) is 8.12. The van der Waals surface area contributed by atoms with E-state index in [-0.39, 0.29) is 12.2 Å².